The first-order chi connectivity index (χ1) is 19.3. The third-order valence-electron chi connectivity index (χ3n) is 5.40. The normalized spacial score (nSPS) is 10.7. The van der Waals surface area contributed by atoms with E-state index in [-0.39, 0.29) is 29.2 Å². The molecule has 0 aromatic heterocycles. The van der Waals surface area contributed by atoms with Crippen LogP contribution in [-0.2, 0) is 4.79 Å². The highest BCUT2D eigenvalue weighted by Gasteiger charge is 2.15. The van der Waals surface area contributed by atoms with Crippen LogP contribution in [0.5, 0.6) is 17.2 Å². The van der Waals surface area contributed by atoms with E-state index in [1.165, 1.54) is 48.7 Å². The molecule has 4 rings (SSSR count). The van der Waals surface area contributed by atoms with Gasteiger partial charge in [-0.1, -0.05) is 41.4 Å². The van der Waals surface area contributed by atoms with Crippen molar-refractivity contribution in [2.45, 2.75) is 6.92 Å². The van der Waals surface area contributed by atoms with Crippen LogP contribution < -0.4 is 19.6 Å². The predicted octanol–water partition coefficient (Wildman–Crippen LogP) is 6.27. The Morgan fingerprint density at radius 3 is 2.00 bits per heavy atom. The average molecular weight is 577 g/mol. The number of carbonyl (C=O) groups excluding carboxylic acids is 3. The van der Waals surface area contributed by atoms with E-state index in [0.29, 0.717) is 21.4 Å². The first-order valence-electron chi connectivity index (χ1n) is 11.9. The lowest BCUT2D eigenvalue weighted by molar-refractivity contribution is -0.123. The zero-order valence-electron chi connectivity index (χ0n) is 21.1. The van der Waals surface area contributed by atoms with Crippen molar-refractivity contribution in [1.29, 1.82) is 0 Å². The van der Waals surface area contributed by atoms with Crippen LogP contribution in [0.15, 0.2) is 96.1 Å². The van der Waals surface area contributed by atoms with Gasteiger partial charge in [-0.25, -0.2) is 15.0 Å². The van der Waals surface area contributed by atoms with Crippen LogP contribution in [0.25, 0.3) is 0 Å². The van der Waals surface area contributed by atoms with Gasteiger partial charge in [-0.05, 0) is 79.2 Å². The highest BCUT2D eigenvalue weighted by atomic mass is 35.5. The minimum absolute atomic E-state index is 0.0375. The van der Waals surface area contributed by atoms with Crippen molar-refractivity contribution in [3.8, 4) is 17.2 Å². The van der Waals surface area contributed by atoms with E-state index in [0.717, 1.165) is 5.56 Å². The fourth-order valence-corrected chi connectivity index (χ4v) is 3.59. The van der Waals surface area contributed by atoms with Gasteiger partial charge in [-0.3, -0.25) is 4.79 Å². The minimum atomic E-state index is -0.678. The first kappa shape index (κ1) is 28.4. The highest BCUT2D eigenvalue weighted by Crippen LogP contribution is 2.26. The summed E-state index contributed by atoms with van der Waals surface area (Å²) in [6, 6.07) is 24.0. The number of benzene rings is 4. The van der Waals surface area contributed by atoms with Gasteiger partial charge in [0.2, 0.25) is 0 Å². The van der Waals surface area contributed by atoms with E-state index in [4.69, 9.17) is 37.4 Å². The quantitative estimate of drug-likeness (QED) is 0.109. The second kappa shape index (κ2) is 13.4. The van der Waals surface area contributed by atoms with Gasteiger partial charge in [-0.15, -0.1) is 0 Å². The van der Waals surface area contributed by atoms with Crippen LogP contribution in [0.4, 0.5) is 0 Å². The number of aryl methyl sites for hydroxylation is 1. The van der Waals surface area contributed by atoms with Crippen molar-refractivity contribution in [3.05, 3.63) is 123 Å². The van der Waals surface area contributed by atoms with Gasteiger partial charge in [-0.2, -0.15) is 5.10 Å². The molecule has 0 heterocycles. The van der Waals surface area contributed by atoms with Gasteiger partial charge in [0.15, 0.2) is 6.61 Å². The number of nitrogens with one attached hydrogen (secondary N) is 1. The Hall–Kier alpha value is -4.66. The van der Waals surface area contributed by atoms with E-state index < -0.39 is 17.8 Å². The van der Waals surface area contributed by atoms with Gasteiger partial charge in [0.1, 0.15) is 17.2 Å². The second-order valence-electron chi connectivity index (χ2n) is 8.34. The van der Waals surface area contributed by atoms with Crippen LogP contribution in [-0.4, -0.2) is 30.7 Å². The predicted molar refractivity (Wildman–Crippen MR) is 152 cm³/mol. The maximum Gasteiger partial charge on any atom is 0.343 e. The summed E-state index contributed by atoms with van der Waals surface area (Å²) in [5, 5.41) is 4.88. The Morgan fingerprint density at radius 2 is 1.38 bits per heavy atom. The lowest BCUT2D eigenvalue weighted by Crippen LogP contribution is -2.24. The summed E-state index contributed by atoms with van der Waals surface area (Å²) in [6.45, 7) is 1.62. The third-order valence-corrected chi connectivity index (χ3v) is 5.91. The Balaban J connectivity index is 1.49. The monoisotopic (exact) mass is 576 g/mol. The topological polar surface area (TPSA) is 103 Å². The molecule has 0 spiro atoms. The van der Waals surface area contributed by atoms with Crippen LogP contribution in [0.3, 0.4) is 0 Å². The molecule has 40 heavy (non-hydrogen) atoms. The molecule has 1 amide bonds. The van der Waals surface area contributed by atoms with Crippen molar-refractivity contribution in [2.24, 2.45) is 5.10 Å². The highest BCUT2D eigenvalue weighted by molar-refractivity contribution is 6.31. The fraction of sp³-hybridized carbons (Fsp3) is 0.0667. The molecule has 0 atom stereocenters. The third kappa shape index (κ3) is 7.92. The number of ether oxygens (including phenoxy) is 3. The Morgan fingerprint density at radius 1 is 0.775 bits per heavy atom. The van der Waals surface area contributed by atoms with Crippen molar-refractivity contribution >= 4 is 47.3 Å². The molecule has 0 aliphatic rings. The van der Waals surface area contributed by atoms with Gasteiger partial charge in [0.05, 0.1) is 17.3 Å². The number of para-hydroxylation sites is 1. The van der Waals surface area contributed by atoms with Gasteiger partial charge >= 0.3 is 11.9 Å². The summed E-state index contributed by atoms with van der Waals surface area (Å²) < 4.78 is 16.5. The van der Waals surface area contributed by atoms with E-state index in [1.54, 1.807) is 30.3 Å². The lowest BCUT2D eigenvalue weighted by Gasteiger charge is -2.11. The first-order valence-corrected chi connectivity index (χ1v) is 12.6. The molecular formula is C30H22Cl2N2O6. The number of esters is 2. The number of nitrogens with zero attached hydrogens (tertiary/aromatic N) is 1. The van der Waals surface area contributed by atoms with Crippen molar-refractivity contribution in [1.82, 2.24) is 5.43 Å². The second-order valence-corrected chi connectivity index (χ2v) is 9.21. The summed E-state index contributed by atoms with van der Waals surface area (Å²) in [4.78, 5) is 37.5. The number of amides is 1. The molecular weight excluding hydrogens is 555 g/mol. The minimum Gasteiger partial charge on any atom is -0.483 e. The molecule has 202 valence electrons. The molecule has 1 N–H and O–H groups in total. The van der Waals surface area contributed by atoms with Crippen molar-refractivity contribution < 1.29 is 28.6 Å². The number of halogens is 2. The van der Waals surface area contributed by atoms with E-state index in [9.17, 15) is 14.4 Å². The van der Waals surface area contributed by atoms with Crippen LogP contribution in [0.1, 0.15) is 31.8 Å². The summed E-state index contributed by atoms with van der Waals surface area (Å²) >= 11 is 11.8. The summed E-state index contributed by atoms with van der Waals surface area (Å²) in [5.74, 6) is -1.06. The Bertz CT molecular complexity index is 1550. The summed E-state index contributed by atoms with van der Waals surface area (Å²) in [6.07, 6.45) is 1.29. The molecule has 4 aromatic rings. The molecule has 0 bridgehead atoms. The maximum atomic E-state index is 12.8. The SMILES string of the molecule is Cc1ccccc1OCC(=O)N/N=C/c1ccc(OC(=O)c2ccc(Cl)cc2)cc1OC(=O)c1ccc(Cl)cc1. The Kier molecular flexibility index (Phi) is 9.51. The maximum absolute atomic E-state index is 12.8. The number of hydrogen-bond acceptors (Lipinski definition) is 7. The molecule has 0 radical (unpaired) electrons. The average Bonchev–Trinajstić information content (AvgIpc) is 2.94. The molecule has 0 fully saturated rings. The lowest BCUT2D eigenvalue weighted by atomic mass is 10.2. The van der Waals surface area contributed by atoms with Gasteiger partial charge in [0.25, 0.3) is 5.91 Å². The molecule has 4 aromatic carbocycles. The summed E-state index contributed by atoms with van der Waals surface area (Å²) in [7, 11) is 0. The fourth-order valence-electron chi connectivity index (χ4n) is 3.34. The number of hydrogen-bond donors (Lipinski definition) is 1. The van der Waals surface area contributed by atoms with E-state index >= 15 is 0 Å². The largest absolute Gasteiger partial charge is 0.483 e. The standard InChI is InChI=1S/C30H22Cl2N2O6/c1-19-4-2-3-5-26(19)38-18-28(35)34-33-17-22-10-15-25(39-29(36)20-6-11-23(31)12-7-20)16-27(22)40-30(37)21-8-13-24(32)14-9-21/h2-17H,18H2,1H3,(H,34,35)/b33-17+. The van der Waals surface area contributed by atoms with Crippen LogP contribution >= 0.6 is 23.2 Å². The van der Waals surface area contributed by atoms with Gasteiger partial charge < -0.3 is 14.2 Å². The molecule has 10 heteroatoms. The zero-order chi connectivity index (χ0) is 28.5. The summed E-state index contributed by atoms with van der Waals surface area (Å²) in [5.41, 5.74) is 4.12. The molecule has 0 saturated heterocycles. The molecule has 0 aliphatic carbocycles. The van der Waals surface area contributed by atoms with Crippen molar-refractivity contribution in [2.75, 3.05) is 6.61 Å². The molecule has 0 saturated carbocycles. The number of rotatable bonds is 9. The molecule has 0 unspecified atom stereocenters. The van der Waals surface area contributed by atoms with Crippen LogP contribution in [0, 0.1) is 6.92 Å². The smallest absolute Gasteiger partial charge is 0.343 e. The van der Waals surface area contributed by atoms with Crippen molar-refractivity contribution in [3.63, 3.8) is 0 Å². The van der Waals surface area contributed by atoms with Crippen LogP contribution in [0.2, 0.25) is 10.0 Å². The molecule has 8 nitrogen and oxygen atoms in total. The van der Waals surface area contributed by atoms with Gasteiger partial charge in [0, 0.05) is 21.7 Å². The van der Waals surface area contributed by atoms with E-state index in [2.05, 4.69) is 10.5 Å². The number of carbonyl (C=O) groups is 3. The zero-order valence-corrected chi connectivity index (χ0v) is 22.6. The Labute approximate surface area is 240 Å². The molecule has 0 aliphatic heterocycles. The number of hydrazone groups is 1. The van der Waals surface area contributed by atoms with E-state index in [1.807, 2.05) is 25.1 Å².